The molecule has 142 valence electrons. The van der Waals surface area contributed by atoms with E-state index in [4.69, 9.17) is 9.40 Å². The third-order valence-electron chi connectivity index (χ3n) is 5.96. The number of nitrogens with zero attached hydrogens (tertiary/aromatic N) is 4. The molecule has 0 saturated heterocycles. The van der Waals surface area contributed by atoms with Gasteiger partial charge in [-0.15, -0.1) is 0 Å². The number of hydrogen-bond acceptors (Lipinski definition) is 5. The molecule has 6 heteroatoms. The molecule has 6 aromatic rings. The molecule has 0 aliphatic heterocycles. The molecule has 4 aromatic heterocycles. The summed E-state index contributed by atoms with van der Waals surface area (Å²) in [5, 5.41) is 1.35. The summed E-state index contributed by atoms with van der Waals surface area (Å²) in [7, 11) is 0. The van der Waals surface area contributed by atoms with Crippen LogP contribution in [-0.4, -0.2) is 19.4 Å². The summed E-state index contributed by atoms with van der Waals surface area (Å²) in [6.45, 7) is 0. The molecule has 4 heterocycles. The smallest absolute Gasteiger partial charge is 0.345 e. The number of para-hydroxylation sites is 3. The molecule has 0 spiro atoms. The van der Waals surface area contributed by atoms with Crippen LogP contribution in [0.3, 0.4) is 0 Å². The zero-order chi connectivity index (χ0) is 19.8. The van der Waals surface area contributed by atoms with Gasteiger partial charge in [-0.05, 0) is 48.7 Å². The summed E-state index contributed by atoms with van der Waals surface area (Å²) >= 11 is 0. The van der Waals surface area contributed by atoms with Crippen LogP contribution in [0.5, 0.6) is 0 Å². The van der Waals surface area contributed by atoms with Crippen molar-refractivity contribution in [2.45, 2.75) is 12.8 Å². The second-order valence-electron chi connectivity index (χ2n) is 7.63. The number of pyridine rings is 1. The first kappa shape index (κ1) is 15.8. The van der Waals surface area contributed by atoms with E-state index in [1.54, 1.807) is 6.07 Å². The van der Waals surface area contributed by atoms with Gasteiger partial charge in [-0.1, -0.05) is 24.3 Å². The Hall–Kier alpha value is -4.06. The molecule has 0 N–H and O–H groups in total. The minimum atomic E-state index is -0.369. The number of rotatable bonds is 0. The van der Waals surface area contributed by atoms with E-state index in [-0.39, 0.29) is 5.63 Å². The summed E-state index contributed by atoms with van der Waals surface area (Å²) in [5.41, 5.74) is 6.85. The molecule has 0 fully saturated rings. The summed E-state index contributed by atoms with van der Waals surface area (Å²) in [6, 6.07) is 17.5. The lowest BCUT2D eigenvalue weighted by molar-refractivity contribution is 0.569. The molecule has 2 aromatic carbocycles. The van der Waals surface area contributed by atoms with Gasteiger partial charge in [0.15, 0.2) is 0 Å². The van der Waals surface area contributed by atoms with Gasteiger partial charge in [0.2, 0.25) is 5.78 Å². The second kappa shape index (κ2) is 5.51. The van der Waals surface area contributed by atoms with Gasteiger partial charge in [-0.3, -0.25) is 9.38 Å². The van der Waals surface area contributed by atoms with Gasteiger partial charge in [0, 0.05) is 17.1 Å². The van der Waals surface area contributed by atoms with E-state index in [0.717, 1.165) is 51.8 Å². The van der Waals surface area contributed by atoms with Crippen LogP contribution in [0.2, 0.25) is 0 Å². The van der Waals surface area contributed by atoms with Crippen molar-refractivity contribution in [2.75, 3.05) is 0 Å². The summed E-state index contributed by atoms with van der Waals surface area (Å²) < 4.78 is 7.65. The minimum absolute atomic E-state index is 0.369. The van der Waals surface area contributed by atoms with Crippen LogP contribution in [0.25, 0.3) is 49.9 Å². The summed E-state index contributed by atoms with van der Waals surface area (Å²) in [4.78, 5) is 27.0. The Morgan fingerprint density at radius 3 is 2.77 bits per heavy atom. The van der Waals surface area contributed by atoms with Crippen molar-refractivity contribution in [3.8, 4) is 11.3 Å². The zero-order valence-corrected chi connectivity index (χ0v) is 15.8. The van der Waals surface area contributed by atoms with Gasteiger partial charge >= 0.3 is 5.63 Å². The van der Waals surface area contributed by atoms with Crippen LogP contribution in [0.1, 0.15) is 11.3 Å². The lowest BCUT2D eigenvalue weighted by Crippen LogP contribution is -2.13. The molecule has 0 unspecified atom stereocenters. The van der Waals surface area contributed by atoms with Crippen molar-refractivity contribution >= 4 is 38.7 Å². The van der Waals surface area contributed by atoms with Gasteiger partial charge in [0.1, 0.15) is 5.58 Å². The Bertz CT molecular complexity index is 1730. The average molecular weight is 390 g/mol. The fraction of sp³-hybridized carbons (Fsp3) is 0.0833. The predicted molar refractivity (Wildman–Crippen MR) is 115 cm³/mol. The normalized spacial score (nSPS) is 13.2. The van der Waals surface area contributed by atoms with Crippen LogP contribution in [-0.2, 0) is 12.8 Å². The van der Waals surface area contributed by atoms with Crippen LogP contribution in [0, 0.1) is 0 Å². The fourth-order valence-corrected chi connectivity index (χ4v) is 4.60. The number of aryl methyl sites for hydroxylation is 2. The van der Waals surface area contributed by atoms with E-state index in [1.807, 2.05) is 54.7 Å². The third kappa shape index (κ3) is 1.97. The van der Waals surface area contributed by atoms with Crippen LogP contribution in [0.4, 0.5) is 0 Å². The molecule has 0 saturated carbocycles. The number of hydrogen-bond donors (Lipinski definition) is 0. The zero-order valence-electron chi connectivity index (χ0n) is 15.8. The topological polar surface area (TPSA) is 73.3 Å². The molecule has 1 aliphatic rings. The molecule has 0 radical (unpaired) electrons. The summed E-state index contributed by atoms with van der Waals surface area (Å²) in [6.07, 6.45) is 3.54. The van der Waals surface area contributed by atoms with Crippen LogP contribution < -0.4 is 5.63 Å². The lowest BCUT2D eigenvalue weighted by Gasteiger charge is -2.21. The maximum absolute atomic E-state index is 12.8. The highest BCUT2D eigenvalue weighted by molar-refractivity contribution is 6.03. The maximum atomic E-state index is 12.8. The highest BCUT2D eigenvalue weighted by Crippen LogP contribution is 2.36. The highest BCUT2D eigenvalue weighted by atomic mass is 16.4. The number of fused-ring (bicyclic) bond motifs is 10. The van der Waals surface area contributed by atoms with Crippen molar-refractivity contribution in [1.82, 2.24) is 19.4 Å². The van der Waals surface area contributed by atoms with Crippen molar-refractivity contribution in [3.63, 3.8) is 0 Å². The molecule has 0 amide bonds. The first-order chi connectivity index (χ1) is 14.8. The fourth-order valence-electron chi connectivity index (χ4n) is 4.60. The van der Waals surface area contributed by atoms with Gasteiger partial charge in [-0.25, -0.2) is 14.8 Å². The number of imidazole rings is 1. The highest BCUT2D eigenvalue weighted by Gasteiger charge is 2.24. The Balaban J connectivity index is 1.66. The van der Waals surface area contributed by atoms with Crippen molar-refractivity contribution in [2.24, 2.45) is 0 Å². The van der Waals surface area contributed by atoms with Gasteiger partial charge in [0.05, 0.1) is 33.3 Å². The van der Waals surface area contributed by atoms with Gasteiger partial charge in [0.25, 0.3) is 0 Å². The first-order valence-electron chi connectivity index (χ1n) is 9.89. The molecule has 6 nitrogen and oxygen atoms in total. The molecule has 0 atom stereocenters. The minimum Gasteiger partial charge on any atom is -0.422 e. The van der Waals surface area contributed by atoms with E-state index in [9.17, 15) is 4.79 Å². The number of benzene rings is 2. The molecule has 0 bridgehead atoms. The molecular weight excluding hydrogens is 376 g/mol. The SMILES string of the molecule is O=c1oc2ccccc2c2nc3c(cc12)-c1c(cnc2nc4ccccc4n12)CC3. The van der Waals surface area contributed by atoms with Crippen molar-refractivity contribution < 1.29 is 4.42 Å². The Kier molecular flexibility index (Phi) is 2.90. The molecular formula is C24H14N4O2. The van der Waals surface area contributed by atoms with Crippen LogP contribution in [0.15, 0.2) is 70.0 Å². The largest absolute Gasteiger partial charge is 0.422 e. The van der Waals surface area contributed by atoms with E-state index in [0.29, 0.717) is 22.3 Å². The summed E-state index contributed by atoms with van der Waals surface area (Å²) in [5.74, 6) is 0.647. The first-order valence-corrected chi connectivity index (χ1v) is 9.89. The van der Waals surface area contributed by atoms with Crippen molar-refractivity contribution in [3.05, 3.63) is 82.5 Å². The van der Waals surface area contributed by atoms with E-state index in [2.05, 4.69) is 14.4 Å². The predicted octanol–water partition coefficient (Wildman–Crippen LogP) is 4.30. The van der Waals surface area contributed by atoms with Crippen LogP contribution >= 0.6 is 0 Å². The van der Waals surface area contributed by atoms with Gasteiger partial charge in [-0.2, -0.15) is 0 Å². The quantitative estimate of drug-likeness (QED) is 0.286. The molecule has 30 heavy (non-hydrogen) atoms. The Morgan fingerprint density at radius 2 is 1.80 bits per heavy atom. The van der Waals surface area contributed by atoms with Crippen molar-refractivity contribution in [1.29, 1.82) is 0 Å². The van der Waals surface area contributed by atoms with E-state index < -0.39 is 0 Å². The lowest BCUT2D eigenvalue weighted by atomic mass is 9.92. The van der Waals surface area contributed by atoms with E-state index in [1.165, 1.54) is 0 Å². The molecule has 1 aliphatic carbocycles. The second-order valence-corrected chi connectivity index (χ2v) is 7.63. The monoisotopic (exact) mass is 390 g/mol. The Labute approximate surface area is 169 Å². The maximum Gasteiger partial charge on any atom is 0.345 e. The number of aromatic nitrogens is 4. The molecule has 7 rings (SSSR count). The third-order valence-corrected chi connectivity index (χ3v) is 5.96. The van der Waals surface area contributed by atoms with E-state index >= 15 is 0 Å². The van der Waals surface area contributed by atoms with Gasteiger partial charge < -0.3 is 4.42 Å². The standard InChI is InChI=1S/C24H14N4O2/c29-23-16-11-15-17(26-21(16)14-5-1-4-8-20(14)30-23)10-9-13-12-25-24-27-18-6-2-3-7-19(18)28(24)22(13)15/h1-8,11-12H,9-10H2. The Morgan fingerprint density at radius 1 is 0.933 bits per heavy atom. The average Bonchev–Trinajstić information content (AvgIpc) is 3.17.